The molecule has 1 atom stereocenters. The van der Waals surface area contributed by atoms with Crippen LogP contribution in [0.15, 0.2) is 18.2 Å². The summed E-state index contributed by atoms with van der Waals surface area (Å²) in [5.41, 5.74) is 1.13. The van der Waals surface area contributed by atoms with E-state index in [1.807, 2.05) is 6.07 Å². The number of halogens is 1. The minimum Gasteiger partial charge on any atom is -0.311 e. The molecule has 0 bridgehead atoms. The van der Waals surface area contributed by atoms with Gasteiger partial charge in [-0.25, -0.2) is 0 Å². The standard InChI is InChI=1S/C11H9ClN2OS/c12-8-1-7(5-13)2-9(3-8)14-6-10(16)4-11(14)15/h1-3,10,16H,4,6H2. The Bertz CT molecular complexity index is 483. The van der Waals surface area contributed by atoms with Gasteiger partial charge in [-0.2, -0.15) is 17.9 Å². The molecule has 1 aromatic carbocycles. The number of benzene rings is 1. The Balaban J connectivity index is 2.37. The zero-order valence-electron chi connectivity index (χ0n) is 8.35. The van der Waals surface area contributed by atoms with Crippen molar-refractivity contribution in [3.8, 4) is 6.07 Å². The van der Waals surface area contributed by atoms with E-state index in [9.17, 15) is 4.79 Å². The van der Waals surface area contributed by atoms with Crippen molar-refractivity contribution in [2.45, 2.75) is 11.7 Å². The highest BCUT2D eigenvalue weighted by molar-refractivity contribution is 7.81. The van der Waals surface area contributed by atoms with Crippen molar-refractivity contribution in [2.75, 3.05) is 11.4 Å². The van der Waals surface area contributed by atoms with Gasteiger partial charge in [-0.3, -0.25) is 4.79 Å². The molecule has 0 N–H and O–H groups in total. The van der Waals surface area contributed by atoms with Crippen LogP contribution in [-0.4, -0.2) is 17.7 Å². The number of nitrogens with zero attached hydrogens (tertiary/aromatic N) is 2. The quantitative estimate of drug-likeness (QED) is 0.779. The lowest BCUT2D eigenvalue weighted by molar-refractivity contribution is -0.117. The van der Waals surface area contributed by atoms with Gasteiger partial charge in [-0.1, -0.05) is 11.6 Å². The maximum atomic E-state index is 11.6. The molecule has 0 saturated carbocycles. The molecule has 0 spiro atoms. The molecular formula is C11H9ClN2OS. The van der Waals surface area contributed by atoms with E-state index in [1.165, 1.54) is 0 Å². The Morgan fingerprint density at radius 1 is 1.50 bits per heavy atom. The fourth-order valence-corrected chi connectivity index (χ4v) is 2.28. The second-order valence-electron chi connectivity index (χ2n) is 3.67. The average Bonchev–Trinajstić information content (AvgIpc) is 2.57. The van der Waals surface area contributed by atoms with Crippen molar-refractivity contribution < 1.29 is 4.79 Å². The summed E-state index contributed by atoms with van der Waals surface area (Å²) < 4.78 is 0. The third kappa shape index (κ3) is 2.16. The predicted octanol–water partition coefficient (Wildman–Crippen LogP) is 2.25. The van der Waals surface area contributed by atoms with Crippen LogP contribution in [0.4, 0.5) is 5.69 Å². The highest BCUT2D eigenvalue weighted by Gasteiger charge is 2.28. The lowest BCUT2D eigenvalue weighted by Gasteiger charge is -2.16. The lowest BCUT2D eigenvalue weighted by Crippen LogP contribution is -2.24. The zero-order chi connectivity index (χ0) is 11.7. The minimum absolute atomic E-state index is 0.0196. The van der Waals surface area contributed by atoms with Gasteiger partial charge in [0.1, 0.15) is 0 Å². The Morgan fingerprint density at radius 3 is 2.81 bits per heavy atom. The van der Waals surface area contributed by atoms with Crippen molar-refractivity contribution in [3.05, 3.63) is 28.8 Å². The first-order valence-electron chi connectivity index (χ1n) is 4.79. The molecule has 1 heterocycles. The van der Waals surface area contributed by atoms with Crippen molar-refractivity contribution in [3.63, 3.8) is 0 Å². The monoisotopic (exact) mass is 252 g/mol. The van der Waals surface area contributed by atoms with Crippen LogP contribution < -0.4 is 4.90 Å². The number of amides is 1. The fraction of sp³-hybridized carbons (Fsp3) is 0.273. The maximum absolute atomic E-state index is 11.6. The highest BCUT2D eigenvalue weighted by Crippen LogP contribution is 2.27. The summed E-state index contributed by atoms with van der Waals surface area (Å²) in [6.45, 7) is 0.563. The smallest absolute Gasteiger partial charge is 0.228 e. The van der Waals surface area contributed by atoms with Crippen LogP contribution in [0.5, 0.6) is 0 Å². The number of thiol groups is 1. The van der Waals surface area contributed by atoms with Gasteiger partial charge in [0.15, 0.2) is 0 Å². The maximum Gasteiger partial charge on any atom is 0.228 e. The Labute approximate surface area is 104 Å². The van der Waals surface area contributed by atoms with Crippen LogP contribution in [0.1, 0.15) is 12.0 Å². The van der Waals surface area contributed by atoms with Gasteiger partial charge in [0, 0.05) is 28.9 Å². The summed E-state index contributed by atoms with van der Waals surface area (Å²) in [5.74, 6) is 0.0196. The molecule has 1 aliphatic rings. The first-order valence-corrected chi connectivity index (χ1v) is 5.68. The Morgan fingerprint density at radius 2 is 2.25 bits per heavy atom. The SMILES string of the molecule is N#Cc1cc(Cl)cc(N2CC(S)CC2=O)c1. The summed E-state index contributed by atoms with van der Waals surface area (Å²) in [6, 6.07) is 6.94. The second-order valence-corrected chi connectivity index (χ2v) is 4.84. The van der Waals surface area contributed by atoms with E-state index in [0.717, 1.165) is 0 Å². The molecule has 2 rings (SSSR count). The molecule has 82 valence electrons. The molecule has 16 heavy (non-hydrogen) atoms. The Kier molecular flexibility index (Phi) is 3.08. The second kappa shape index (κ2) is 4.36. The van der Waals surface area contributed by atoms with Crippen LogP contribution in [0, 0.1) is 11.3 Å². The number of rotatable bonds is 1. The Hall–Kier alpha value is -1.18. The molecular weight excluding hydrogens is 244 g/mol. The lowest BCUT2D eigenvalue weighted by atomic mass is 10.2. The van der Waals surface area contributed by atoms with E-state index in [-0.39, 0.29) is 11.2 Å². The molecule has 3 nitrogen and oxygen atoms in total. The molecule has 1 unspecified atom stereocenters. The molecule has 1 saturated heterocycles. The number of hydrogen-bond acceptors (Lipinski definition) is 3. The van der Waals surface area contributed by atoms with Gasteiger partial charge in [0.25, 0.3) is 0 Å². The van der Waals surface area contributed by atoms with Gasteiger partial charge >= 0.3 is 0 Å². The summed E-state index contributed by atoms with van der Waals surface area (Å²) in [5, 5.41) is 9.34. The van der Waals surface area contributed by atoms with Crippen molar-refractivity contribution in [1.29, 1.82) is 5.26 Å². The van der Waals surface area contributed by atoms with E-state index >= 15 is 0 Å². The largest absolute Gasteiger partial charge is 0.311 e. The predicted molar refractivity (Wildman–Crippen MR) is 65.9 cm³/mol. The molecule has 0 aromatic heterocycles. The van der Waals surface area contributed by atoms with E-state index in [2.05, 4.69) is 12.6 Å². The molecule has 1 aliphatic heterocycles. The third-order valence-electron chi connectivity index (χ3n) is 2.43. The third-order valence-corrected chi connectivity index (χ3v) is 2.99. The first kappa shape index (κ1) is 11.3. The van der Waals surface area contributed by atoms with Crippen LogP contribution in [0.2, 0.25) is 5.02 Å². The van der Waals surface area contributed by atoms with Gasteiger partial charge in [0.05, 0.1) is 11.6 Å². The van der Waals surface area contributed by atoms with Crippen LogP contribution >= 0.6 is 24.2 Å². The molecule has 0 aliphatic carbocycles. The molecule has 1 amide bonds. The molecule has 1 fully saturated rings. The number of nitriles is 1. The molecule has 0 radical (unpaired) electrons. The van der Waals surface area contributed by atoms with E-state index in [1.54, 1.807) is 23.1 Å². The molecule has 1 aromatic rings. The van der Waals surface area contributed by atoms with Gasteiger partial charge < -0.3 is 4.90 Å². The number of carbonyl (C=O) groups excluding carboxylic acids is 1. The van der Waals surface area contributed by atoms with Gasteiger partial charge in [0.2, 0.25) is 5.91 Å². The van der Waals surface area contributed by atoms with E-state index in [4.69, 9.17) is 16.9 Å². The number of carbonyl (C=O) groups is 1. The van der Waals surface area contributed by atoms with Crippen LogP contribution in [0.3, 0.4) is 0 Å². The normalized spacial score (nSPS) is 19.9. The van der Waals surface area contributed by atoms with Crippen molar-refractivity contribution in [1.82, 2.24) is 0 Å². The summed E-state index contributed by atoms with van der Waals surface area (Å²) >= 11 is 10.2. The fourth-order valence-electron chi connectivity index (χ4n) is 1.73. The first-order chi connectivity index (χ1) is 7.60. The number of hydrogen-bond donors (Lipinski definition) is 1. The van der Waals surface area contributed by atoms with Gasteiger partial charge in [-0.05, 0) is 18.2 Å². The molecule has 5 heteroatoms. The minimum atomic E-state index is 0.0196. The highest BCUT2D eigenvalue weighted by atomic mass is 35.5. The van der Waals surface area contributed by atoms with Crippen LogP contribution in [0.25, 0.3) is 0 Å². The summed E-state index contributed by atoms with van der Waals surface area (Å²) in [6.07, 6.45) is 0.428. The zero-order valence-corrected chi connectivity index (χ0v) is 10.0. The topological polar surface area (TPSA) is 44.1 Å². The number of anilines is 1. The summed E-state index contributed by atoms with van der Waals surface area (Å²) in [7, 11) is 0. The van der Waals surface area contributed by atoms with Gasteiger partial charge in [-0.15, -0.1) is 0 Å². The van der Waals surface area contributed by atoms with Crippen molar-refractivity contribution >= 4 is 35.8 Å². The van der Waals surface area contributed by atoms with E-state index < -0.39 is 0 Å². The summed E-state index contributed by atoms with van der Waals surface area (Å²) in [4.78, 5) is 13.3. The van der Waals surface area contributed by atoms with E-state index in [0.29, 0.717) is 29.2 Å². The van der Waals surface area contributed by atoms with Crippen LogP contribution in [-0.2, 0) is 4.79 Å². The average molecular weight is 253 g/mol. The van der Waals surface area contributed by atoms with Crippen molar-refractivity contribution in [2.24, 2.45) is 0 Å².